The van der Waals surface area contributed by atoms with Gasteiger partial charge >= 0.3 is 39.5 Å². The van der Waals surface area contributed by atoms with Gasteiger partial charge in [-0.05, 0) is 57.3 Å². The van der Waals surface area contributed by atoms with E-state index in [2.05, 4.69) is 58.9 Å². The molecule has 536 valence electrons. The van der Waals surface area contributed by atoms with Gasteiger partial charge in [0, 0.05) is 25.7 Å². The Morgan fingerprint density at radius 3 is 0.934 bits per heavy atom. The maximum atomic E-state index is 13.0. The molecule has 3 N–H and O–H groups in total. The highest BCUT2D eigenvalue weighted by Gasteiger charge is 2.30. The van der Waals surface area contributed by atoms with Crippen molar-refractivity contribution in [2.45, 2.75) is 368 Å². The van der Waals surface area contributed by atoms with Crippen LogP contribution in [0.15, 0.2) is 24.3 Å². The molecule has 0 aromatic carbocycles. The molecule has 0 fully saturated rings. The molecule has 91 heavy (non-hydrogen) atoms. The predicted octanol–water partition coefficient (Wildman–Crippen LogP) is 20.5. The van der Waals surface area contributed by atoms with Crippen LogP contribution in [0.2, 0.25) is 0 Å². The number of esters is 4. The smallest absolute Gasteiger partial charge is 0.462 e. The van der Waals surface area contributed by atoms with E-state index < -0.39 is 97.5 Å². The first kappa shape index (κ1) is 88.5. The number of hydrogen-bond donors (Lipinski definition) is 3. The zero-order valence-corrected chi connectivity index (χ0v) is 60.3. The fourth-order valence-corrected chi connectivity index (χ4v) is 12.0. The summed E-state index contributed by atoms with van der Waals surface area (Å²) in [7, 11) is -9.91. The van der Waals surface area contributed by atoms with Crippen LogP contribution in [0.1, 0.15) is 349 Å². The van der Waals surface area contributed by atoms with Crippen LogP contribution in [0, 0.1) is 5.92 Å². The van der Waals surface area contributed by atoms with Gasteiger partial charge in [0.05, 0.1) is 26.4 Å². The Bertz CT molecular complexity index is 1850. The normalized spacial score (nSPS) is 14.5. The van der Waals surface area contributed by atoms with E-state index in [0.29, 0.717) is 25.7 Å². The maximum absolute atomic E-state index is 13.0. The number of aliphatic hydroxyl groups is 1. The van der Waals surface area contributed by atoms with E-state index in [4.69, 9.17) is 37.0 Å². The number of ether oxygens (including phenoxy) is 4. The van der Waals surface area contributed by atoms with Crippen molar-refractivity contribution in [2.24, 2.45) is 5.92 Å². The molecule has 0 aromatic rings. The summed E-state index contributed by atoms with van der Waals surface area (Å²) in [6.07, 6.45) is 54.9. The summed E-state index contributed by atoms with van der Waals surface area (Å²) in [6, 6.07) is 0. The van der Waals surface area contributed by atoms with Gasteiger partial charge in [-0.3, -0.25) is 37.3 Å². The molecule has 0 rings (SSSR count). The zero-order chi connectivity index (χ0) is 67.0. The van der Waals surface area contributed by atoms with Gasteiger partial charge in [-0.15, -0.1) is 0 Å². The number of carbonyl (C=O) groups is 4. The predicted molar refractivity (Wildman–Crippen MR) is 368 cm³/mol. The minimum absolute atomic E-state index is 0.101. The van der Waals surface area contributed by atoms with Crippen molar-refractivity contribution in [3.05, 3.63) is 24.3 Å². The molecule has 0 bridgehead atoms. The summed E-state index contributed by atoms with van der Waals surface area (Å²) >= 11 is 0. The van der Waals surface area contributed by atoms with E-state index in [1.165, 1.54) is 141 Å². The third-order valence-corrected chi connectivity index (χ3v) is 18.4. The topological polar surface area (TPSA) is 237 Å². The van der Waals surface area contributed by atoms with Crippen LogP contribution in [-0.2, 0) is 65.4 Å². The number of phosphoric ester groups is 2. The second kappa shape index (κ2) is 64.9. The van der Waals surface area contributed by atoms with Crippen LogP contribution in [0.25, 0.3) is 0 Å². The fourth-order valence-electron chi connectivity index (χ4n) is 10.4. The number of carbonyl (C=O) groups excluding carboxylic acids is 4. The Labute approximate surface area is 554 Å². The van der Waals surface area contributed by atoms with E-state index in [0.717, 1.165) is 128 Å². The van der Waals surface area contributed by atoms with Crippen LogP contribution in [0.3, 0.4) is 0 Å². The number of unbranched alkanes of at least 4 members (excludes halogenated alkanes) is 38. The van der Waals surface area contributed by atoms with Crippen LogP contribution >= 0.6 is 15.6 Å². The van der Waals surface area contributed by atoms with Crippen molar-refractivity contribution in [3.63, 3.8) is 0 Å². The summed E-state index contributed by atoms with van der Waals surface area (Å²) in [6.45, 7) is 7.20. The van der Waals surface area contributed by atoms with E-state index >= 15 is 0 Å². The highest BCUT2D eigenvalue weighted by atomic mass is 31.2. The van der Waals surface area contributed by atoms with Crippen molar-refractivity contribution in [3.8, 4) is 0 Å². The minimum Gasteiger partial charge on any atom is -0.462 e. The van der Waals surface area contributed by atoms with E-state index in [9.17, 15) is 43.2 Å². The lowest BCUT2D eigenvalue weighted by atomic mass is 9.99. The fraction of sp³-hybridized carbons (Fsp3) is 0.889. The van der Waals surface area contributed by atoms with Crippen LogP contribution in [0.5, 0.6) is 0 Å². The van der Waals surface area contributed by atoms with Gasteiger partial charge in [0.25, 0.3) is 0 Å². The van der Waals surface area contributed by atoms with Crippen LogP contribution in [-0.4, -0.2) is 96.7 Å². The Hall–Kier alpha value is -2.46. The number of hydrogen-bond acceptors (Lipinski definition) is 15. The van der Waals surface area contributed by atoms with Gasteiger partial charge in [0.2, 0.25) is 0 Å². The highest BCUT2D eigenvalue weighted by Crippen LogP contribution is 2.45. The zero-order valence-electron chi connectivity index (χ0n) is 58.5. The van der Waals surface area contributed by atoms with Gasteiger partial charge < -0.3 is 33.8 Å². The Morgan fingerprint density at radius 1 is 0.352 bits per heavy atom. The lowest BCUT2D eigenvalue weighted by Gasteiger charge is -2.21. The van der Waals surface area contributed by atoms with Gasteiger partial charge in [-0.2, -0.15) is 0 Å². The maximum Gasteiger partial charge on any atom is 0.472 e. The highest BCUT2D eigenvalue weighted by molar-refractivity contribution is 7.47. The Morgan fingerprint density at radius 2 is 0.615 bits per heavy atom. The van der Waals surface area contributed by atoms with Crippen LogP contribution < -0.4 is 0 Å². The van der Waals surface area contributed by atoms with Gasteiger partial charge in [-0.25, -0.2) is 9.13 Å². The summed E-state index contributed by atoms with van der Waals surface area (Å²) in [5, 5.41) is 10.6. The summed E-state index contributed by atoms with van der Waals surface area (Å²) in [4.78, 5) is 72.4. The summed E-state index contributed by atoms with van der Waals surface area (Å²) in [5.41, 5.74) is 0. The molecule has 17 nitrogen and oxygen atoms in total. The third kappa shape index (κ3) is 64.6. The van der Waals surface area contributed by atoms with Crippen molar-refractivity contribution in [1.29, 1.82) is 0 Å². The number of rotatable bonds is 70. The van der Waals surface area contributed by atoms with Gasteiger partial charge in [-0.1, -0.05) is 296 Å². The summed E-state index contributed by atoms with van der Waals surface area (Å²) < 4.78 is 68.2. The average molecular weight is 1340 g/mol. The van der Waals surface area contributed by atoms with Gasteiger partial charge in [0.1, 0.15) is 19.3 Å². The molecule has 6 atom stereocenters. The molecule has 0 amide bonds. The molecule has 0 heterocycles. The van der Waals surface area contributed by atoms with Gasteiger partial charge in [0.15, 0.2) is 12.2 Å². The van der Waals surface area contributed by atoms with Crippen molar-refractivity contribution in [2.75, 3.05) is 39.6 Å². The lowest BCUT2D eigenvalue weighted by molar-refractivity contribution is -0.161. The standard InChI is InChI=1S/C72H136O17P2/c1-6-10-13-16-19-21-23-24-25-29-33-36-41-46-51-56-70(75)83-62-68(89-72(77)58-53-48-43-38-34-30-27-26-28-32-35-40-44-49-54-65(5)9-4)64-87-91(80,81)85-60-66(73)59-84-90(78,79)86-63-67(61-82-69(74)55-50-45-39-18-15-12-8-3)88-71(76)57-52-47-42-37-31-22-20-17-14-11-7-2/h21,23-25,65-68,73H,6-20,22,26-64H2,1-5H3,(H,78,79)(H,80,81)/b23-21-,25-24-/t65?,66-,67+,68+/m0/s1. The molecular formula is C72H136O17P2. The molecular weight excluding hydrogens is 1200 g/mol. The molecule has 0 saturated carbocycles. The lowest BCUT2D eigenvalue weighted by Crippen LogP contribution is -2.30. The first-order valence-electron chi connectivity index (χ1n) is 37.0. The quantitative estimate of drug-likeness (QED) is 0.0169. The van der Waals surface area contributed by atoms with Crippen LogP contribution in [0.4, 0.5) is 0 Å². The molecule has 0 aliphatic rings. The Kier molecular flexibility index (Phi) is 63.1. The Balaban J connectivity index is 5.23. The number of phosphoric acid groups is 2. The molecule has 0 aliphatic carbocycles. The largest absolute Gasteiger partial charge is 0.472 e. The van der Waals surface area contributed by atoms with Crippen molar-refractivity contribution >= 4 is 39.5 Å². The molecule has 0 spiro atoms. The molecule has 0 aliphatic heterocycles. The second-order valence-electron chi connectivity index (χ2n) is 25.5. The van der Waals surface area contributed by atoms with E-state index in [1.807, 2.05) is 0 Å². The molecule has 0 saturated heterocycles. The SMILES string of the molecule is CCCCCC/C=C\C=C/CCCCCCCC(=O)OC[C@H](COP(=O)(O)OC[C@@H](O)COP(=O)(O)OC[C@@H](COC(=O)CCCCCCCCC)OC(=O)CCCCCCCCCCCCC)OC(=O)CCCCCCCCCCCCCCCCC(C)CC. The molecule has 0 radical (unpaired) electrons. The third-order valence-electron chi connectivity index (χ3n) is 16.5. The first-order valence-corrected chi connectivity index (χ1v) is 40.0. The second-order valence-corrected chi connectivity index (χ2v) is 28.4. The van der Waals surface area contributed by atoms with Crippen molar-refractivity contribution in [1.82, 2.24) is 0 Å². The first-order chi connectivity index (χ1) is 44.1. The van der Waals surface area contributed by atoms with E-state index in [1.54, 1.807) is 0 Å². The minimum atomic E-state index is -4.96. The monoisotopic (exact) mass is 1330 g/mol. The van der Waals surface area contributed by atoms with Crippen molar-refractivity contribution < 1.29 is 80.2 Å². The molecule has 19 heteroatoms. The van der Waals surface area contributed by atoms with E-state index in [-0.39, 0.29) is 25.7 Å². The molecule has 0 aromatic heterocycles. The average Bonchev–Trinajstić information content (AvgIpc) is 3.68. The summed E-state index contributed by atoms with van der Waals surface area (Å²) in [5.74, 6) is -1.31. The molecule has 3 unspecified atom stereocenters. The number of aliphatic hydroxyl groups excluding tert-OH is 1. The number of allylic oxidation sites excluding steroid dienone is 4.